The number of aromatic nitrogens is 2. The average Bonchev–Trinajstić information content (AvgIpc) is 3.64. The van der Waals surface area contributed by atoms with Crippen molar-refractivity contribution in [2.24, 2.45) is 0 Å². The van der Waals surface area contributed by atoms with Crippen LogP contribution in [0.3, 0.4) is 0 Å². The number of ether oxygens (including phenoxy) is 2. The number of nitro benzene ring substituents is 1. The maximum Gasteiger partial charge on any atom is 0.270 e. The molecule has 1 saturated heterocycles. The predicted octanol–water partition coefficient (Wildman–Crippen LogP) is 5.58. The van der Waals surface area contributed by atoms with Crippen molar-refractivity contribution in [2.45, 2.75) is 6.54 Å². The molecule has 0 saturated carbocycles. The van der Waals surface area contributed by atoms with Crippen LogP contribution in [-0.4, -0.2) is 36.6 Å². The molecular weight excluding hydrogens is 524 g/mol. The Morgan fingerprint density at radius 1 is 1.05 bits per heavy atom. The van der Waals surface area contributed by atoms with E-state index in [9.17, 15) is 14.9 Å². The van der Waals surface area contributed by atoms with Crippen molar-refractivity contribution >= 4 is 46.0 Å². The second-order valence-corrected chi connectivity index (χ2v) is 10.2. The van der Waals surface area contributed by atoms with Crippen molar-refractivity contribution < 1.29 is 19.2 Å². The lowest BCUT2D eigenvalue weighted by molar-refractivity contribution is -0.384. The highest BCUT2D eigenvalue weighted by Gasteiger charge is 2.33. The third kappa shape index (κ3) is 4.53. The van der Waals surface area contributed by atoms with Crippen LogP contribution in [-0.2, 0) is 11.3 Å². The summed E-state index contributed by atoms with van der Waals surface area (Å²) in [7, 11) is 0. The molecule has 3 aromatic carbocycles. The molecule has 1 fully saturated rings. The van der Waals surface area contributed by atoms with Crippen LogP contribution in [0.5, 0.6) is 11.5 Å². The Balaban J connectivity index is 1.35. The molecule has 3 heterocycles. The van der Waals surface area contributed by atoms with Crippen LogP contribution in [0.2, 0.25) is 0 Å². The van der Waals surface area contributed by atoms with Crippen LogP contribution in [0.4, 0.5) is 5.69 Å². The second kappa shape index (κ2) is 9.77. The van der Waals surface area contributed by atoms with Gasteiger partial charge in [0.15, 0.2) is 11.5 Å². The number of hydrogen-bond donors (Lipinski definition) is 0. The summed E-state index contributed by atoms with van der Waals surface area (Å²) >= 11 is 6.74. The first-order valence-corrected chi connectivity index (χ1v) is 12.7. The molecule has 1 amide bonds. The largest absolute Gasteiger partial charge is 0.454 e. The Hall–Kier alpha value is -4.48. The minimum absolute atomic E-state index is 0.0437. The van der Waals surface area contributed by atoms with Gasteiger partial charge in [0.05, 0.1) is 22.1 Å². The van der Waals surface area contributed by atoms with Crippen LogP contribution in [0.15, 0.2) is 83.9 Å². The molecule has 0 unspecified atom stereocenters. The van der Waals surface area contributed by atoms with Gasteiger partial charge in [-0.3, -0.25) is 19.8 Å². The molecule has 2 aliphatic rings. The summed E-state index contributed by atoms with van der Waals surface area (Å²) in [5.74, 6) is 1.08. The highest BCUT2D eigenvalue weighted by molar-refractivity contribution is 8.26. The van der Waals surface area contributed by atoms with Gasteiger partial charge in [-0.2, -0.15) is 5.10 Å². The molecule has 0 bridgehead atoms. The number of rotatable bonds is 6. The first kappa shape index (κ1) is 23.9. The summed E-state index contributed by atoms with van der Waals surface area (Å²) in [5.41, 5.74) is 3.35. The molecule has 2 aliphatic heterocycles. The molecule has 0 aliphatic carbocycles. The molecule has 0 radical (unpaired) electrons. The van der Waals surface area contributed by atoms with Gasteiger partial charge in [-0.1, -0.05) is 60.4 Å². The van der Waals surface area contributed by atoms with Crippen molar-refractivity contribution in [1.29, 1.82) is 0 Å². The highest BCUT2D eigenvalue weighted by atomic mass is 32.2. The third-order valence-electron chi connectivity index (χ3n) is 6.03. The van der Waals surface area contributed by atoms with Crippen LogP contribution in [0.1, 0.15) is 11.1 Å². The monoisotopic (exact) mass is 542 g/mol. The topological polar surface area (TPSA) is 99.7 Å². The predicted molar refractivity (Wildman–Crippen MR) is 147 cm³/mol. The van der Waals surface area contributed by atoms with Gasteiger partial charge in [-0.05, 0) is 35.9 Å². The fourth-order valence-corrected chi connectivity index (χ4v) is 5.44. The fourth-order valence-electron chi connectivity index (χ4n) is 4.20. The molecule has 4 aromatic rings. The van der Waals surface area contributed by atoms with E-state index in [2.05, 4.69) is 0 Å². The number of thioether (sulfide) groups is 1. The zero-order valence-electron chi connectivity index (χ0n) is 19.6. The van der Waals surface area contributed by atoms with Crippen LogP contribution >= 0.6 is 24.0 Å². The van der Waals surface area contributed by atoms with E-state index in [1.165, 1.54) is 28.8 Å². The first-order chi connectivity index (χ1) is 18.5. The van der Waals surface area contributed by atoms with Gasteiger partial charge >= 0.3 is 0 Å². The molecular formula is C27H18N4O5S2. The second-order valence-electron chi connectivity index (χ2n) is 8.48. The lowest BCUT2D eigenvalue weighted by atomic mass is 10.1. The minimum Gasteiger partial charge on any atom is -0.454 e. The van der Waals surface area contributed by atoms with Gasteiger partial charge in [0.1, 0.15) is 10.0 Å². The molecule has 6 rings (SSSR count). The molecule has 0 atom stereocenters. The fraction of sp³-hybridized carbons (Fsp3) is 0.0741. The molecule has 9 nitrogen and oxygen atoms in total. The van der Waals surface area contributed by atoms with Gasteiger partial charge < -0.3 is 9.47 Å². The Kier molecular flexibility index (Phi) is 6.14. The number of hydrogen-bond acceptors (Lipinski definition) is 8. The number of para-hydroxylation sites is 1. The van der Waals surface area contributed by atoms with Gasteiger partial charge in [0.25, 0.3) is 11.6 Å². The van der Waals surface area contributed by atoms with Crippen LogP contribution in [0.25, 0.3) is 23.0 Å². The molecule has 188 valence electrons. The van der Waals surface area contributed by atoms with Gasteiger partial charge in [0.2, 0.25) is 6.79 Å². The standard InChI is InChI=1S/C27H18N4O5S2/c32-26-24(38-27(37)29(26)14-17-9-10-22-23(11-17)36-16-35-22)13-19-15-30(20-6-2-1-3-7-20)28-25(19)18-5-4-8-21(12-18)31(33)34/h1-13,15H,14,16H2/b24-13+. The number of fused-ring (bicyclic) bond motifs is 1. The van der Waals surface area contributed by atoms with Gasteiger partial charge in [-0.25, -0.2) is 4.68 Å². The van der Waals surface area contributed by atoms with E-state index in [-0.39, 0.29) is 18.4 Å². The Bertz CT molecular complexity index is 1630. The van der Waals surface area contributed by atoms with Crippen molar-refractivity contribution in [3.63, 3.8) is 0 Å². The van der Waals surface area contributed by atoms with Crippen molar-refractivity contribution in [1.82, 2.24) is 14.7 Å². The minimum atomic E-state index is -0.446. The smallest absolute Gasteiger partial charge is 0.270 e. The van der Waals surface area contributed by atoms with Crippen molar-refractivity contribution in [3.8, 4) is 28.4 Å². The zero-order valence-corrected chi connectivity index (χ0v) is 21.3. The number of thiocarbonyl (C=S) groups is 1. The van der Waals surface area contributed by atoms with E-state index >= 15 is 0 Å². The molecule has 0 N–H and O–H groups in total. The van der Waals surface area contributed by atoms with E-state index in [1.54, 1.807) is 29.1 Å². The average molecular weight is 543 g/mol. The Labute approximate surface area is 226 Å². The summed E-state index contributed by atoms with van der Waals surface area (Å²) in [6.07, 6.45) is 3.54. The molecule has 11 heteroatoms. The number of nitro groups is 1. The summed E-state index contributed by atoms with van der Waals surface area (Å²) in [6, 6.07) is 21.3. The normalized spacial score (nSPS) is 15.5. The number of amides is 1. The zero-order chi connectivity index (χ0) is 26.2. The molecule has 1 aromatic heterocycles. The SMILES string of the molecule is O=C1/C(=C\c2cn(-c3ccccc3)nc2-c2cccc([N+](=O)[O-])c2)SC(=S)N1Cc1ccc2c(c1)OCO2. The number of carbonyl (C=O) groups is 1. The van der Waals surface area contributed by atoms with Crippen molar-refractivity contribution in [2.75, 3.05) is 6.79 Å². The van der Waals surface area contributed by atoms with Gasteiger partial charge in [-0.15, -0.1) is 0 Å². The summed E-state index contributed by atoms with van der Waals surface area (Å²) in [5, 5.41) is 16.1. The Morgan fingerprint density at radius 3 is 2.68 bits per heavy atom. The quantitative estimate of drug-likeness (QED) is 0.135. The lowest BCUT2D eigenvalue weighted by Crippen LogP contribution is -2.27. The lowest BCUT2D eigenvalue weighted by Gasteiger charge is -2.14. The molecule has 38 heavy (non-hydrogen) atoms. The number of carbonyl (C=O) groups excluding carboxylic acids is 1. The van der Waals surface area contributed by atoms with E-state index in [0.29, 0.717) is 44.1 Å². The summed E-state index contributed by atoms with van der Waals surface area (Å²) < 4.78 is 12.9. The van der Waals surface area contributed by atoms with Crippen LogP contribution < -0.4 is 9.47 Å². The first-order valence-electron chi connectivity index (χ1n) is 11.5. The molecule has 0 spiro atoms. The number of non-ortho nitro benzene ring substituents is 1. The van der Waals surface area contributed by atoms with Gasteiger partial charge in [0, 0.05) is 29.5 Å². The third-order valence-corrected chi connectivity index (χ3v) is 7.41. The maximum atomic E-state index is 13.4. The van der Waals surface area contributed by atoms with Crippen molar-refractivity contribution in [3.05, 3.63) is 105 Å². The Morgan fingerprint density at radius 2 is 1.87 bits per heavy atom. The van der Waals surface area contributed by atoms with E-state index in [0.717, 1.165) is 11.3 Å². The number of nitrogens with zero attached hydrogens (tertiary/aromatic N) is 4. The highest BCUT2D eigenvalue weighted by Crippen LogP contribution is 2.38. The summed E-state index contributed by atoms with van der Waals surface area (Å²) in [6.45, 7) is 0.464. The maximum absolute atomic E-state index is 13.4. The van der Waals surface area contributed by atoms with E-state index in [4.69, 9.17) is 26.8 Å². The number of benzene rings is 3. The summed E-state index contributed by atoms with van der Waals surface area (Å²) in [4.78, 5) is 26.3. The van der Waals surface area contributed by atoms with E-state index < -0.39 is 4.92 Å². The van der Waals surface area contributed by atoms with Crippen LogP contribution in [0, 0.1) is 10.1 Å². The van der Waals surface area contributed by atoms with E-state index in [1.807, 2.05) is 48.5 Å².